The summed E-state index contributed by atoms with van der Waals surface area (Å²) in [5.41, 5.74) is 1.87. The third-order valence-electron chi connectivity index (χ3n) is 5.07. The molecular formula is C22H30N4O4. The number of carbonyl (C=O) groups excluding carboxylic acids is 2. The predicted octanol–water partition coefficient (Wildman–Crippen LogP) is 2.47. The highest BCUT2D eigenvalue weighted by molar-refractivity contribution is 5.98. The molecule has 0 spiro atoms. The van der Waals surface area contributed by atoms with Gasteiger partial charge in [0.2, 0.25) is 5.91 Å². The highest BCUT2D eigenvalue weighted by atomic mass is 16.5. The highest BCUT2D eigenvalue weighted by Crippen LogP contribution is 2.20. The van der Waals surface area contributed by atoms with Crippen LogP contribution in [0.15, 0.2) is 28.9 Å². The van der Waals surface area contributed by atoms with Gasteiger partial charge in [-0.05, 0) is 31.4 Å². The van der Waals surface area contributed by atoms with Crippen molar-refractivity contribution in [2.75, 3.05) is 26.2 Å². The van der Waals surface area contributed by atoms with Crippen molar-refractivity contribution in [1.82, 2.24) is 19.9 Å². The number of aryl methyl sites for hydroxylation is 2. The van der Waals surface area contributed by atoms with Crippen LogP contribution in [0.4, 0.5) is 0 Å². The first-order chi connectivity index (χ1) is 14.4. The van der Waals surface area contributed by atoms with Crippen LogP contribution in [0.3, 0.4) is 0 Å². The molecule has 162 valence electrons. The minimum Gasteiger partial charge on any atom is -0.368 e. The molecular weight excluding hydrogens is 384 g/mol. The zero-order valence-corrected chi connectivity index (χ0v) is 18.1. The van der Waals surface area contributed by atoms with E-state index in [4.69, 9.17) is 9.26 Å². The second kappa shape index (κ2) is 9.84. The molecule has 0 bridgehead atoms. The van der Waals surface area contributed by atoms with Crippen LogP contribution < -0.4 is 0 Å². The van der Waals surface area contributed by atoms with Crippen molar-refractivity contribution in [2.45, 2.75) is 46.8 Å². The molecule has 0 saturated carbocycles. The van der Waals surface area contributed by atoms with Crippen LogP contribution in [0.25, 0.3) is 0 Å². The fourth-order valence-corrected chi connectivity index (χ4v) is 3.63. The van der Waals surface area contributed by atoms with Crippen LogP contribution in [0, 0.1) is 12.8 Å². The monoisotopic (exact) mass is 414 g/mol. The summed E-state index contributed by atoms with van der Waals surface area (Å²) >= 11 is 0. The van der Waals surface area contributed by atoms with Crippen molar-refractivity contribution in [1.29, 1.82) is 0 Å². The first-order valence-corrected chi connectivity index (χ1v) is 10.4. The number of aromatic nitrogens is 2. The maximum Gasteiger partial charge on any atom is 0.259 e. The Morgan fingerprint density at radius 3 is 2.80 bits per heavy atom. The Kier molecular flexibility index (Phi) is 7.20. The molecule has 1 unspecified atom stereocenters. The van der Waals surface area contributed by atoms with Crippen LogP contribution in [0.5, 0.6) is 0 Å². The third kappa shape index (κ3) is 5.24. The Bertz CT molecular complexity index is 865. The van der Waals surface area contributed by atoms with Gasteiger partial charge in [0, 0.05) is 25.8 Å². The molecule has 8 heteroatoms. The number of ether oxygens (including phenoxy) is 1. The molecule has 0 radical (unpaired) electrons. The molecule has 0 aromatic carbocycles. The van der Waals surface area contributed by atoms with Gasteiger partial charge in [0.05, 0.1) is 24.1 Å². The van der Waals surface area contributed by atoms with E-state index in [-0.39, 0.29) is 24.5 Å². The van der Waals surface area contributed by atoms with Crippen molar-refractivity contribution in [3.63, 3.8) is 0 Å². The lowest BCUT2D eigenvalue weighted by Gasteiger charge is -2.25. The van der Waals surface area contributed by atoms with E-state index < -0.39 is 0 Å². The molecule has 0 aliphatic carbocycles. The molecule has 2 amide bonds. The maximum atomic E-state index is 13.3. The van der Waals surface area contributed by atoms with E-state index in [0.717, 1.165) is 5.69 Å². The van der Waals surface area contributed by atoms with E-state index in [9.17, 15) is 9.59 Å². The summed E-state index contributed by atoms with van der Waals surface area (Å²) in [5.74, 6) is 0.475. The summed E-state index contributed by atoms with van der Waals surface area (Å²) < 4.78 is 11.3. The number of nitrogens with zero attached hydrogens (tertiary/aromatic N) is 4. The number of rotatable bonds is 7. The molecule has 30 heavy (non-hydrogen) atoms. The molecule has 1 fully saturated rings. The van der Waals surface area contributed by atoms with Crippen molar-refractivity contribution >= 4 is 11.8 Å². The van der Waals surface area contributed by atoms with Gasteiger partial charge in [-0.3, -0.25) is 14.6 Å². The van der Waals surface area contributed by atoms with Gasteiger partial charge >= 0.3 is 0 Å². The highest BCUT2D eigenvalue weighted by Gasteiger charge is 2.33. The second-order valence-corrected chi connectivity index (χ2v) is 8.05. The van der Waals surface area contributed by atoms with E-state index in [1.807, 2.05) is 25.1 Å². The zero-order chi connectivity index (χ0) is 21.7. The molecule has 8 nitrogen and oxygen atoms in total. The lowest BCUT2D eigenvalue weighted by atomic mass is 10.1. The van der Waals surface area contributed by atoms with Crippen molar-refractivity contribution in [3.8, 4) is 0 Å². The standard InChI is InChI=1S/C22H30N4O4/c1-5-19-21(16(4)30-24-19)22(28)26-12-18(29-14-17-8-6-7-9-23-17)11-25(10-15(2)3)20(27)13-26/h6-9,15,18H,5,10-14H2,1-4H3. The van der Waals surface area contributed by atoms with Gasteiger partial charge in [0.25, 0.3) is 5.91 Å². The van der Waals surface area contributed by atoms with Crippen LogP contribution in [-0.4, -0.2) is 64.0 Å². The quantitative estimate of drug-likeness (QED) is 0.692. The maximum absolute atomic E-state index is 13.3. The summed E-state index contributed by atoms with van der Waals surface area (Å²) in [4.78, 5) is 33.9. The lowest BCUT2D eigenvalue weighted by Crippen LogP contribution is -2.40. The average Bonchev–Trinajstić information content (AvgIpc) is 3.03. The van der Waals surface area contributed by atoms with E-state index >= 15 is 0 Å². The Labute approximate surface area is 177 Å². The van der Waals surface area contributed by atoms with E-state index in [1.165, 1.54) is 0 Å². The lowest BCUT2D eigenvalue weighted by molar-refractivity contribution is -0.132. The minimum absolute atomic E-state index is 0.0166. The van der Waals surface area contributed by atoms with Crippen molar-refractivity contribution in [3.05, 3.63) is 47.1 Å². The molecule has 1 saturated heterocycles. The number of pyridine rings is 1. The zero-order valence-electron chi connectivity index (χ0n) is 18.1. The Hall–Kier alpha value is -2.74. The van der Waals surface area contributed by atoms with Gasteiger partial charge in [-0.1, -0.05) is 32.0 Å². The van der Waals surface area contributed by atoms with Gasteiger partial charge in [-0.25, -0.2) is 0 Å². The summed E-state index contributed by atoms with van der Waals surface area (Å²) in [6.07, 6.45) is 1.99. The largest absolute Gasteiger partial charge is 0.368 e. The SMILES string of the molecule is CCc1noc(C)c1C(=O)N1CC(=O)N(CC(C)C)CC(OCc2ccccn2)C1. The van der Waals surface area contributed by atoms with Crippen LogP contribution in [-0.2, 0) is 22.6 Å². The fourth-order valence-electron chi connectivity index (χ4n) is 3.63. The second-order valence-electron chi connectivity index (χ2n) is 8.05. The number of amides is 2. The molecule has 0 N–H and O–H groups in total. The molecule has 2 aromatic heterocycles. The van der Waals surface area contributed by atoms with E-state index in [1.54, 1.807) is 22.9 Å². The van der Waals surface area contributed by atoms with Gasteiger partial charge in [0.1, 0.15) is 17.9 Å². The molecule has 3 rings (SSSR count). The minimum atomic E-state index is -0.314. The normalized spacial score (nSPS) is 17.5. The first kappa shape index (κ1) is 22.0. The Balaban J connectivity index is 1.81. The number of carbonyl (C=O) groups is 2. The summed E-state index contributed by atoms with van der Waals surface area (Å²) in [5, 5.41) is 3.98. The molecule has 3 heterocycles. The smallest absolute Gasteiger partial charge is 0.259 e. The Morgan fingerprint density at radius 2 is 2.13 bits per heavy atom. The third-order valence-corrected chi connectivity index (χ3v) is 5.07. The predicted molar refractivity (Wildman–Crippen MR) is 111 cm³/mol. The fraction of sp³-hybridized carbons (Fsp3) is 0.545. The van der Waals surface area contributed by atoms with Crippen molar-refractivity contribution in [2.24, 2.45) is 5.92 Å². The van der Waals surface area contributed by atoms with Gasteiger partial charge in [0.15, 0.2) is 0 Å². The summed E-state index contributed by atoms with van der Waals surface area (Å²) in [6.45, 7) is 9.50. The molecule has 1 aliphatic rings. The van der Waals surface area contributed by atoms with Crippen LogP contribution in [0.2, 0.25) is 0 Å². The summed E-state index contributed by atoms with van der Waals surface area (Å²) in [6, 6.07) is 5.65. The molecule has 1 aliphatic heterocycles. The van der Waals surface area contributed by atoms with Crippen molar-refractivity contribution < 1.29 is 18.8 Å². The van der Waals surface area contributed by atoms with Crippen LogP contribution in [0.1, 0.15) is 48.3 Å². The topological polar surface area (TPSA) is 88.8 Å². The van der Waals surface area contributed by atoms with Crippen LogP contribution >= 0.6 is 0 Å². The number of hydrogen-bond acceptors (Lipinski definition) is 6. The molecule has 2 aromatic rings. The number of hydrogen-bond donors (Lipinski definition) is 0. The first-order valence-electron chi connectivity index (χ1n) is 10.4. The van der Waals surface area contributed by atoms with Gasteiger partial charge in [-0.15, -0.1) is 0 Å². The molecule has 1 atom stereocenters. The summed E-state index contributed by atoms with van der Waals surface area (Å²) in [7, 11) is 0. The van der Waals surface area contributed by atoms with E-state index in [2.05, 4.69) is 24.0 Å². The van der Waals surface area contributed by atoms with E-state index in [0.29, 0.717) is 55.6 Å². The average molecular weight is 415 g/mol. The van der Waals surface area contributed by atoms with Gasteiger partial charge in [-0.2, -0.15) is 0 Å². The van der Waals surface area contributed by atoms with Gasteiger partial charge < -0.3 is 19.1 Å². The Morgan fingerprint density at radius 1 is 1.33 bits per heavy atom.